The molecule has 0 heterocycles. The van der Waals surface area contributed by atoms with Gasteiger partial charge in [-0.05, 0) is 12.8 Å². The molecule has 0 saturated heterocycles. The van der Waals surface area contributed by atoms with Crippen LogP contribution >= 0.6 is 0 Å². The molecule has 0 aliphatic heterocycles. The maximum Gasteiger partial charge on any atom is 0.305 e. The molecule has 0 fully saturated rings. The van der Waals surface area contributed by atoms with Crippen molar-refractivity contribution < 1.29 is 33.3 Å². The Morgan fingerprint density at radius 2 is 0.800 bits per heavy atom. The van der Waals surface area contributed by atoms with Crippen LogP contribution in [0.1, 0.15) is 84.5 Å². The molecule has 0 aromatic heterocycles. The zero-order valence-corrected chi connectivity index (χ0v) is 19.3. The number of ether oxygens (including phenoxy) is 5. The molecule has 0 radical (unpaired) electrons. The van der Waals surface area contributed by atoms with Gasteiger partial charge < -0.3 is 23.7 Å². The maximum atomic E-state index is 11.6. The number of carbonyl (C=O) groups is 2. The fraction of sp³-hybridized carbons (Fsp3) is 0.913. The molecule has 0 atom stereocenters. The van der Waals surface area contributed by atoms with E-state index in [1.807, 2.05) is 0 Å². The molecular weight excluding hydrogens is 388 g/mol. The summed E-state index contributed by atoms with van der Waals surface area (Å²) in [5.41, 5.74) is 0. The summed E-state index contributed by atoms with van der Waals surface area (Å²) in [6, 6.07) is 0. The molecule has 7 heteroatoms. The van der Waals surface area contributed by atoms with Crippen LogP contribution < -0.4 is 0 Å². The molecule has 0 amide bonds. The summed E-state index contributed by atoms with van der Waals surface area (Å²) in [6.45, 7) is 7.44. The molecule has 178 valence electrons. The van der Waals surface area contributed by atoms with E-state index in [4.69, 9.17) is 23.7 Å². The zero-order valence-electron chi connectivity index (χ0n) is 19.3. The van der Waals surface area contributed by atoms with Crippen LogP contribution in [0.15, 0.2) is 0 Å². The highest BCUT2D eigenvalue weighted by molar-refractivity contribution is 5.69. The molecule has 0 rings (SSSR count). The van der Waals surface area contributed by atoms with Crippen LogP contribution in [-0.2, 0) is 33.3 Å². The summed E-state index contributed by atoms with van der Waals surface area (Å²) >= 11 is 0. The molecule has 0 aromatic rings. The average molecular weight is 433 g/mol. The smallest absolute Gasteiger partial charge is 0.305 e. The van der Waals surface area contributed by atoms with Gasteiger partial charge in [-0.1, -0.05) is 58.8 Å². The monoisotopic (exact) mass is 432 g/mol. The van der Waals surface area contributed by atoms with E-state index in [2.05, 4.69) is 13.8 Å². The van der Waals surface area contributed by atoms with Gasteiger partial charge in [0, 0.05) is 12.8 Å². The number of esters is 2. The number of hydrogen-bond donors (Lipinski definition) is 0. The van der Waals surface area contributed by atoms with Crippen molar-refractivity contribution >= 4 is 11.9 Å². The van der Waals surface area contributed by atoms with Gasteiger partial charge in [0.1, 0.15) is 13.2 Å². The first-order valence-corrected chi connectivity index (χ1v) is 11.7. The molecule has 0 N–H and O–H groups in total. The van der Waals surface area contributed by atoms with Crippen LogP contribution in [0, 0.1) is 0 Å². The predicted molar refractivity (Wildman–Crippen MR) is 117 cm³/mol. The Morgan fingerprint density at radius 3 is 1.27 bits per heavy atom. The predicted octanol–water partition coefficient (Wildman–Crippen LogP) is 4.45. The van der Waals surface area contributed by atoms with Crippen molar-refractivity contribution in [3.8, 4) is 0 Å². The van der Waals surface area contributed by atoms with E-state index < -0.39 is 0 Å². The molecular formula is C23H44O7. The van der Waals surface area contributed by atoms with Crippen LogP contribution in [0.2, 0.25) is 0 Å². The van der Waals surface area contributed by atoms with Crippen LogP contribution in [0.25, 0.3) is 0 Å². The van der Waals surface area contributed by atoms with E-state index in [9.17, 15) is 9.59 Å². The van der Waals surface area contributed by atoms with E-state index in [0.717, 1.165) is 32.1 Å². The third-order valence-corrected chi connectivity index (χ3v) is 4.44. The fourth-order valence-electron chi connectivity index (χ4n) is 2.68. The van der Waals surface area contributed by atoms with E-state index in [1.165, 1.54) is 25.7 Å². The van der Waals surface area contributed by atoms with Gasteiger partial charge >= 0.3 is 11.9 Å². The van der Waals surface area contributed by atoms with Crippen molar-refractivity contribution in [3.63, 3.8) is 0 Å². The van der Waals surface area contributed by atoms with Gasteiger partial charge in [-0.2, -0.15) is 0 Å². The first-order chi connectivity index (χ1) is 14.7. The lowest BCUT2D eigenvalue weighted by molar-refractivity contribution is -0.146. The zero-order chi connectivity index (χ0) is 22.1. The summed E-state index contributed by atoms with van der Waals surface area (Å²) in [6.07, 6.45) is 11.0. The quantitative estimate of drug-likeness (QED) is 0.174. The topological polar surface area (TPSA) is 80.3 Å². The number of unbranched alkanes of at least 4 members (excludes halogenated alkanes) is 7. The van der Waals surface area contributed by atoms with Crippen molar-refractivity contribution in [2.45, 2.75) is 84.5 Å². The lowest BCUT2D eigenvalue weighted by atomic mass is 10.1. The normalized spacial score (nSPS) is 10.9. The highest BCUT2D eigenvalue weighted by Gasteiger charge is 2.03. The van der Waals surface area contributed by atoms with Gasteiger partial charge in [-0.25, -0.2) is 0 Å². The third-order valence-electron chi connectivity index (χ3n) is 4.44. The summed E-state index contributed by atoms with van der Waals surface area (Å²) in [5, 5.41) is 0. The highest BCUT2D eigenvalue weighted by Crippen LogP contribution is 2.07. The summed E-state index contributed by atoms with van der Waals surface area (Å²) in [4.78, 5) is 23.0. The van der Waals surface area contributed by atoms with E-state index in [0.29, 0.717) is 52.5 Å². The Bertz CT molecular complexity index is 388. The van der Waals surface area contributed by atoms with Crippen LogP contribution in [0.3, 0.4) is 0 Å². The summed E-state index contributed by atoms with van der Waals surface area (Å²) < 4.78 is 26.3. The Kier molecular flexibility index (Phi) is 23.1. The lowest BCUT2D eigenvalue weighted by Gasteiger charge is -2.08. The van der Waals surface area contributed by atoms with Gasteiger partial charge in [0.25, 0.3) is 0 Å². The molecule has 0 saturated carbocycles. The minimum absolute atomic E-state index is 0.144. The third kappa shape index (κ3) is 23.1. The fourth-order valence-corrected chi connectivity index (χ4v) is 2.68. The highest BCUT2D eigenvalue weighted by atomic mass is 16.6. The second-order valence-corrected chi connectivity index (χ2v) is 7.25. The van der Waals surface area contributed by atoms with Gasteiger partial charge in [-0.3, -0.25) is 9.59 Å². The minimum atomic E-state index is -0.159. The van der Waals surface area contributed by atoms with Gasteiger partial charge in [0.15, 0.2) is 0 Å². The Hall–Kier alpha value is -1.18. The van der Waals surface area contributed by atoms with Gasteiger partial charge in [0.05, 0.1) is 39.6 Å². The maximum absolute atomic E-state index is 11.6. The van der Waals surface area contributed by atoms with Crippen LogP contribution in [0.5, 0.6) is 0 Å². The molecule has 0 bridgehead atoms. The number of rotatable bonds is 23. The van der Waals surface area contributed by atoms with Crippen LogP contribution in [-0.4, -0.2) is 64.8 Å². The number of carbonyl (C=O) groups excluding carboxylic acids is 2. The Morgan fingerprint density at radius 1 is 0.467 bits per heavy atom. The molecule has 7 nitrogen and oxygen atoms in total. The molecule has 0 aromatic carbocycles. The molecule has 0 spiro atoms. The first kappa shape index (κ1) is 28.8. The lowest BCUT2D eigenvalue weighted by Crippen LogP contribution is -2.15. The second kappa shape index (κ2) is 24.1. The largest absolute Gasteiger partial charge is 0.463 e. The molecule has 0 unspecified atom stereocenters. The van der Waals surface area contributed by atoms with Crippen molar-refractivity contribution in [1.29, 1.82) is 0 Å². The van der Waals surface area contributed by atoms with Crippen molar-refractivity contribution in [1.82, 2.24) is 0 Å². The molecule has 0 aliphatic rings. The van der Waals surface area contributed by atoms with Crippen molar-refractivity contribution in [3.05, 3.63) is 0 Å². The SMILES string of the molecule is CCCCCCCCC(=O)OCCOCCOCCOCCOC(=O)CCCCC. The first-order valence-electron chi connectivity index (χ1n) is 11.7. The average Bonchev–Trinajstić information content (AvgIpc) is 2.74. The summed E-state index contributed by atoms with van der Waals surface area (Å²) in [7, 11) is 0. The van der Waals surface area contributed by atoms with Crippen LogP contribution in [0.4, 0.5) is 0 Å². The Labute approximate surface area is 183 Å². The van der Waals surface area contributed by atoms with E-state index in [1.54, 1.807) is 0 Å². The molecule has 30 heavy (non-hydrogen) atoms. The van der Waals surface area contributed by atoms with E-state index in [-0.39, 0.29) is 25.2 Å². The van der Waals surface area contributed by atoms with Gasteiger partial charge in [0.2, 0.25) is 0 Å². The Balaban J connectivity index is 3.19. The van der Waals surface area contributed by atoms with Crippen molar-refractivity contribution in [2.24, 2.45) is 0 Å². The molecule has 0 aliphatic carbocycles. The number of hydrogen-bond acceptors (Lipinski definition) is 7. The van der Waals surface area contributed by atoms with Crippen molar-refractivity contribution in [2.75, 3.05) is 52.9 Å². The van der Waals surface area contributed by atoms with Gasteiger partial charge in [-0.15, -0.1) is 0 Å². The van der Waals surface area contributed by atoms with E-state index >= 15 is 0 Å². The standard InChI is InChI=1S/C23H44O7/c1-3-5-7-8-9-11-13-23(25)30-21-19-28-17-15-26-14-16-27-18-20-29-22(24)12-10-6-4-2/h3-21H2,1-2H3. The second-order valence-electron chi connectivity index (χ2n) is 7.25. The summed E-state index contributed by atoms with van der Waals surface area (Å²) in [5.74, 6) is -0.303. The minimum Gasteiger partial charge on any atom is -0.463 e.